The molecule has 0 spiro atoms. The summed E-state index contributed by atoms with van der Waals surface area (Å²) in [5, 5.41) is 8.78. The van der Waals surface area contributed by atoms with Crippen LogP contribution in [0.5, 0.6) is 0 Å². The van der Waals surface area contributed by atoms with E-state index < -0.39 is 33.2 Å². The van der Waals surface area contributed by atoms with Gasteiger partial charge in [0.05, 0.1) is 30.4 Å². The molecule has 0 saturated carbocycles. The summed E-state index contributed by atoms with van der Waals surface area (Å²) in [6.07, 6.45) is 1.58. The van der Waals surface area contributed by atoms with Crippen LogP contribution in [0, 0.1) is 5.92 Å². The number of rotatable bonds is 6. The number of sulfonamides is 1. The fourth-order valence-corrected chi connectivity index (χ4v) is 5.12. The number of carboxylic acid groups (broad SMARTS) is 1. The van der Waals surface area contributed by atoms with E-state index in [9.17, 15) is 18.3 Å². The van der Waals surface area contributed by atoms with Crippen molar-refractivity contribution < 1.29 is 27.8 Å². The average Bonchev–Trinajstić information content (AvgIpc) is 2.94. The number of ether oxygens (including phenoxy) is 2. The maximum Gasteiger partial charge on any atom is 0.310 e. The van der Waals surface area contributed by atoms with Crippen LogP contribution in [0.3, 0.4) is 0 Å². The lowest BCUT2D eigenvalue weighted by molar-refractivity contribution is -0.142. The molecule has 122 valence electrons. The maximum absolute atomic E-state index is 12.9. The number of hydrogen-bond acceptors (Lipinski definition) is 5. The van der Waals surface area contributed by atoms with Crippen LogP contribution in [-0.2, 0) is 24.3 Å². The second-order valence-corrected chi connectivity index (χ2v) is 7.68. The highest BCUT2D eigenvalue weighted by molar-refractivity contribution is 7.89. The molecule has 0 amide bonds. The van der Waals surface area contributed by atoms with Crippen molar-refractivity contribution >= 4 is 16.0 Å². The van der Waals surface area contributed by atoms with E-state index >= 15 is 0 Å². The summed E-state index contributed by atoms with van der Waals surface area (Å²) >= 11 is 0. The van der Waals surface area contributed by atoms with E-state index in [1.54, 1.807) is 0 Å². The quantitative estimate of drug-likeness (QED) is 0.756. The first kappa shape index (κ1) is 16.7. The van der Waals surface area contributed by atoms with Crippen LogP contribution >= 0.6 is 0 Å². The SMILES string of the molecule is CCCN(C1COCC1C(=O)O)S(=O)(=O)C1CCOCC1. The summed E-state index contributed by atoms with van der Waals surface area (Å²) in [7, 11) is -3.53. The Morgan fingerprint density at radius 2 is 1.90 bits per heavy atom. The summed E-state index contributed by atoms with van der Waals surface area (Å²) in [5.41, 5.74) is 0. The Morgan fingerprint density at radius 1 is 1.24 bits per heavy atom. The molecule has 2 rings (SSSR count). The molecule has 2 aliphatic heterocycles. The van der Waals surface area contributed by atoms with E-state index in [0.29, 0.717) is 39.0 Å². The van der Waals surface area contributed by atoms with Crippen LogP contribution < -0.4 is 0 Å². The van der Waals surface area contributed by atoms with Gasteiger partial charge in [0.25, 0.3) is 0 Å². The molecule has 2 unspecified atom stereocenters. The average molecular weight is 321 g/mol. The van der Waals surface area contributed by atoms with E-state index in [4.69, 9.17) is 9.47 Å². The first-order valence-corrected chi connectivity index (χ1v) is 8.87. The minimum absolute atomic E-state index is 0.0729. The molecule has 0 aromatic rings. The Morgan fingerprint density at radius 3 is 2.48 bits per heavy atom. The summed E-state index contributed by atoms with van der Waals surface area (Å²) in [4.78, 5) is 11.3. The molecule has 8 heteroatoms. The number of nitrogens with zero attached hydrogens (tertiary/aromatic N) is 1. The Labute approximate surface area is 125 Å². The van der Waals surface area contributed by atoms with Crippen molar-refractivity contribution in [1.29, 1.82) is 0 Å². The van der Waals surface area contributed by atoms with Crippen LogP contribution in [0.1, 0.15) is 26.2 Å². The van der Waals surface area contributed by atoms with Gasteiger partial charge in [-0.25, -0.2) is 8.42 Å². The third-order valence-electron chi connectivity index (χ3n) is 4.10. The van der Waals surface area contributed by atoms with Gasteiger partial charge in [0.15, 0.2) is 0 Å². The van der Waals surface area contributed by atoms with Gasteiger partial charge in [0, 0.05) is 19.8 Å². The van der Waals surface area contributed by atoms with Crippen molar-refractivity contribution in [2.45, 2.75) is 37.5 Å². The highest BCUT2D eigenvalue weighted by Gasteiger charge is 2.44. The Hall–Kier alpha value is -0.700. The third kappa shape index (κ3) is 3.56. The molecular formula is C13H23NO6S. The highest BCUT2D eigenvalue weighted by atomic mass is 32.2. The molecule has 2 aliphatic rings. The van der Waals surface area contributed by atoms with Crippen LogP contribution in [0.25, 0.3) is 0 Å². The molecule has 2 atom stereocenters. The number of hydrogen-bond donors (Lipinski definition) is 1. The second-order valence-electron chi connectivity index (χ2n) is 5.52. The second kappa shape index (κ2) is 7.04. The van der Waals surface area contributed by atoms with Crippen LogP contribution in [0.15, 0.2) is 0 Å². The molecule has 7 nitrogen and oxygen atoms in total. The zero-order valence-electron chi connectivity index (χ0n) is 12.2. The molecule has 2 saturated heterocycles. The van der Waals surface area contributed by atoms with Gasteiger partial charge in [-0.3, -0.25) is 4.79 Å². The van der Waals surface area contributed by atoms with E-state index in [0.717, 1.165) is 0 Å². The largest absolute Gasteiger partial charge is 0.481 e. The molecule has 0 aromatic carbocycles. The highest BCUT2D eigenvalue weighted by Crippen LogP contribution is 2.28. The van der Waals surface area contributed by atoms with E-state index in [-0.39, 0.29) is 13.2 Å². The summed E-state index contributed by atoms with van der Waals surface area (Å²) in [6.45, 7) is 3.32. The monoisotopic (exact) mass is 321 g/mol. The van der Waals surface area contributed by atoms with Gasteiger partial charge in [-0.1, -0.05) is 6.92 Å². The number of aliphatic carboxylic acids is 1. The Bertz CT molecular complexity index is 459. The fraction of sp³-hybridized carbons (Fsp3) is 0.923. The summed E-state index contributed by atoms with van der Waals surface area (Å²) in [5.74, 6) is -1.79. The zero-order chi connectivity index (χ0) is 15.5. The van der Waals surface area contributed by atoms with Gasteiger partial charge >= 0.3 is 5.97 Å². The fourth-order valence-electron chi connectivity index (χ4n) is 2.93. The van der Waals surface area contributed by atoms with Crippen LogP contribution in [0.2, 0.25) is 0 Å². The molecule has 1 N–H and O–H groups in total. The molecule has 2 heterocycles. The smallest absolute Gasteiger partial charge is 0.310 e. The van der Waals surface area contributed by atoms with Crippen LogP contribution in [0.4, 0.5) is 0 Å². The van der Waals surface area contributed by atoms with Crippen molar-refractivity contribution in [1.82, 2.24) is 4.31 Å². The molecule has 0 aliphatic carbocycles. The van der Waals surface area contributed by atoms with Gasteiger partial charge in [0.1, 0.15) is 0 Å². The summed E-state index contributed by atoms with van der Waals surface area (Å²) in [6, 6.07) is -0.602. The van der Waals surface area contributed by atoms with Crippen LogP contribution in [-0.4, -0.2) is 68.1 Å². The molecule has 0 bridgehead atoms. The van der Waals surface area contributed by atoms with E-state index in [1.165, 1.54) is 4.31 Å². The Balaban J connectivity index is 2.22. The predicted octanol–water partition coefficient (Wildman–Crippen LogP) is 0.307. The van der Waals surface area contributed by atoms with Crippen molar-refractivity contribution in [2.24, 2.45) is 5.92 Å². The third-order valence-corrected chi connectivity index (χ3v) is 6.52. The molecule has 2 fully saturated rings. The minimum Gasteiger partial charge on any atom is -0.481 e. The van der Waals surface area contributed by atoms with Gasteiger partial charge in [-0.05, 0) is 19.3 Å². The van der Waals surface area contributed by atoms with Gasteiger partial charge in [-0.2, -0.15) is 4.31 Å². The summed E-state index contributed by atoms with van der Waals surface area (Å²) < 4.78 is 37.5. The van der Waals surface area contributed by atoms with Crippen molar-refractivity contribution in [3.8, 4) is 0 Å². The standard InChI is InChI=1S/C13H23NO6S/c1-2-5-14(12-9-20-8-11(12)13(15)16)21(17,18)10-3-6-19-7-4-10/h10-12H,2-9H2,1H3,(H,15,16). The van der Waals surface area contributed by atoms with Crippen molar-refractivity contribution in [3.63, 3.8) is 0 Å². The lowest BCUT2D eigenvalue weighted by Gasteiger charge is -2.34. The predicted molar refractivity (Wildman–Crippen MR) is 75.5 cm³/mol. The lowest BCUT2D eigenvalue weighted by Crippen LogP contribution is -2.51. The van der Waals surface area contributed by atoms with Crippen molar-refractivity contribution in [3.05, 3.63) is 0 Å². The first-order valence-electron chi connectivity index (χ1n) is 7.37. The topological polar surface area (TPSA) is 93.1 Å². The number of carbonyl (C=O) groups is 1. The van der Waals surface area contributed by atoms with Crippen molar-refractivity contribution in [2.75, 3.05) is 33.0 Å². The number of carboxylic acids is 1. The lowest BCUT2D eigenvalue weighted by atomic mass is 10.0. The first-order chi connectivity index (χ1) is 9.98. The van der Waals surface area contributed by atoms with E-state index in [2.05, 4.69) is 0 Å². The van der Waals surface area contributed by atoms with E-state index in [1.807, 2.05) is 6.92 Å². The van der Waals surface area contributed by atoms with Gasteiger partial charge in [0.2, 0.25) is 10.0 Å². The zero-order valence-corrected chi connectivity index (χ0v) is 13.0. The Kier molecular flexibility index (Phi) is 5.59. The molecule has 0 aromatic heterocycles. The molecule has 0 radical (unpaired) electrons. The van der Waals surface area contributed by atoms with Gasteiger partial charge in [-0.15, -0.1) is 0 Å². The normalized spacial score (nSPS) is 28.1. The molecular weight excluding hydrogens is 298 g/mol. The minimum atomic E-state index is -3.53. The van der Waals surface area contributed by atoms with Gasteiger partial charge < -0.3 is 14.6 Å². The molecule has 21 heavy (non-hydrogen) atoms. The maximum atomic E-state index is 12.9.